The Labute approximate surface area is 130 Å². The number of aliphatic hydroxyl groups excluding tert-OH is 1. The lowest BCUT2D eigenvalue weighted by Gasteiger charge is -2.13. The first-order valence-corrected chi connectivity index (χ1v) is 7.19. The molecule has 2 aromatic rings. The first-order chi connectivity index (χ1) is 10.0. The average molecular weight is 357 g/mol. The third kappa shape index (κ3) is 4.02. The van der Waals surface area contributed by atoms with Crippen molar-refractivity contribution in [2.75, 3.05) is 7.11 Å². The molecular weight excluding hydrogens is 342 g/mol. The highest BCUT2D eigenvalue weighted by Gasteiger charge is 2.13. The summed E-state index contributed by atoms with van der Waals surface area (Å²) >= 11 is 3.38. The van der Waals surface area contributed by atoms with Crippen molar-refractivity contribution in [2.45, 2.75) is 19.0 Å². The highest BCUT2D eigenvalue weighted by atomic mass is 79.9. The molecule has 0 amide bonds. The quantitative estimate of drug-likeness (QED) is 0.843. The van der Waals surface area contributed by atoms with Crippen molar-refractivity contribution in [3.05, 3.63) is 63.6 Å². The van der Waals surface area contributed by atoms with Gasteiger partial charge in [0.15, 0.2) is 0 Å². The molecule has 0 heterocycles. The second-order valence-electron chi connectivity index (χ2n) is 4.66. The number of benzene rings is 2. The minimum Gasteiger partial charge on any atom is -0.496 e. The van der Waals surface area contributed by atoms with Gasteiger partial charge >= 0.3 is 0 Å². The van der Waals surface area contributed by atoms with E-state index in [1.54, 1.807) is 19.2 Å². The molecule has 0 bridgehead atoms. The SMILES string of the molecule is COc1ccc(CC(O)c2cccc(C(F)F)c2)cc1Br. The van der Waals surface area contributed by atoms with E-state index in [1.807, 2.05) is 12.1 Å². The zero-order chi connectivity index (χ0) is 15.4. The number of alkyl halides is 2. The number of rotatable bonds is 5. The Hall–Kier alpha value is -1.46. The van der Waals surface area contributed by atoms with Crippen LogP contribution in [-0.2, 0) is 6.42 Å². The van der Waals surface area contributed by atoms with Crippen LogP contribution in [0.25, 0.3) is 0 Å². The summed E-state index contributed by atoms with van der Waals surface area (Å²) in [7, 11) is 1.57. The number of methoxy groups -OCH3 is 1. The Kier molecular flexibility index (Phi) is 5.31. The molecule has 0 aromatic heterocycles. The average Bonchev–Trinajstić information content (AvgIpc) is 2.47. The van der Waals surface area contributed by atoms with Gasteiger partial charge in [-0.1, -0.05) is 24.3 Å². The van der Waals surface area contributed by atoms with Gasteiger partial charge in [-0.25, -0.2) is 8.78 Å². The number of ether oxygens (including phenoxy) is 1. The summed E-state index contributed by atoms with van der Waals surface area (Å²) in [4.78, 5) is 0. The molecule has 1 N–H and O–H groups in total. The second-order valence-corrected chi connectivity index (χ2v) is 5.51. The van der Waals surface area contributed by atoms with Crippen LogP contribution in [0.3, 0.4) is 0 Å². The van der Waals surface area contributed by atoms with Crippen LogP contribution in [0.4, 0.5) is 8.78 Å². The molecule has 0 aliphatic heterocycles. The Morgan fingerprint density at radius 2 is 1.86 bits per heavy atom. The molecule has 0 saturated carbocycles. The maximum absolute atomic E-state index is 12.7. The second kappa shape index (κ2) is 7.00. The van der Waals surface area contributed by atoms with E-state index in [1.165, 1.54) is 18.2 Å². The Morgan fingerprint density at radius 1 is 1.14 bits per heavy atom. The fourth-order valence-corrected chi connectivity index (χ4v) is 2.67. The Morgan fingerprint density at radius 3 is 2.48 bits per heavy atom. The molecule has 0 aliphatic rings. The first kappa shape index (κ1) is 15.9. The number of halogens is 3. The molecule has 0 fully saturated rings. The van der Waals surface area contributed by atoms with Crippen LogP contribution in [-0.4, -0.2) is 12.2 Å². The lowest BCUT2D eigenvalue weighted by atomic mass is 10.00. The fourth-order valence-electron chi connectivity index (χ4n) is 2.08. The van der Waals surface area contributed by atoms with E-state index in [4.69, 9.17) is 4.74 Å². The van der Waals surface area contributed by atoms with Gasteiger partial charge < -0.3 is 9.84 Å². The fraction of sp³-hybridized carbons (Fsp3) is 0.250. The summed E-state index contributed by atoms with van der Waals surface area (Å²) in [5, 5.41) is 10.2. The summed E-state index contributed by atoms with van der Waals surface area (Å²) in [5.41, 5.74) is 1.29. The highest BCUT2D eigenvalue weighted by Crippen LogP contribution is 2.29. The van der Waals surface area contributed by atoms with Gasteiger partial charge in [0.05, 0.1) is 17.7 Å². The van der Waals surface area contributed by atoms with E-state index in [-0.39, 0.29) is 5.56 Å². The molecule has 5 heteroatoms. The minimum absolute atomic E-state index is 0.0811. The highest BCUT2D eigenvalue weighted by molar-refractivity contribution is 9.10. The zero-order valence-electron chi connectivity index (χ0n) is 11.4. The summed E-state index contributed by atoms with van der Waals surface area (Å²) in [6.07, 6.45) is -3.02. The number of aliphatic hydroxyl groups is 1. The van der Waals surface area contributed by atoms with Gasteiger partial charge in [-0.05, 0) is 45.3 Å². The molecule has 0 radical (unpaired) electrons. The van der Waals surface area contributed by atoms with Crippen LogP contribution in [0, 0.1) is 0 Å². The van der Waals surface area contributed by atoms with Crippen molar-refractivity contribution in [3.63, 3.8) is 0 Å². The molecule has 0 saturated heterocycles. The minimum atomic E-state index is -2.53. The monoisotopic (exact) mass is 356 g/mol. The molecule has 0 aliphatic carbocycles. The van der Waals surface area contributed by atoms with Gasteiger partial charge in [-0.3, -0.25) is 0 Å². The zero-order valence-corrected chi connectivity index (χ0v) is 13.0. The molecule has 0 spiro atoms. The van der Waals surface area contributed by atoms with Gasteiger partial charge in [0.2, 0.25) is 0 Å². The largest absolute Gasteiger partial charge is 0.496 e. The molecule has 1 unspecified atom stereocenters. The molecule has 21 heavy (non-hydrogen) atoms. The van der Waals surface area contributed by atoms with Crippen molar-refractivity contribution < 1.29 is 18.6 Å². The van der Waals surface area contributed by atoms with Gasteiger partial charge in [-0.15, -0.1) is 0 Å². The summed E-state index contributed by atoms with van der Waals surface area (Å²) < 4.78 is 31.3. The maximum atomic E-state index is 12.7. The van der Waals surface area contributed by atoms with Gasteiger partial charge in [0.25, 0.3) is 6.43 Å². The molecule has 2 rings (SSSR count). The van der Waals surface area contributed by atoms with E-state index in [2.05, 4.69) is 15.9 Å². The van der Waals surface area contributed by atoms with E-state index >= 15 is 0 Å². The number of hydrogen-bond acceptors (Lipinski definition) is 2. The molecule has 112 valence electrons. The molecular formula is C16H15BrF2O2. The standard InChI is InChI=1S/C16H15BrF2O2/c1-21-15-6-5-10(7-13(15)17)8-14(20)11-3-2-4-12(9-11)16(18)19/h2-7,9,14,16,20H,8H2,1H3. The van der Waals surface area contributed by atoms with E-state index in [0.29, 0.717) is 17.7 Å². The summed E-state index contributed by atoms with van der Waals surface area (Å²) in [6, 6.07) is 11.3. The van der Waals surface area contributed by atoms with Gasteiger partial charge in [-0.2, -0.15) is 0 Å². The van der Waals surface area contributed by atoms with E-state index in [9.17, 15) is 13.9 Å². The van der Waals surface area contributed by atoms with Crippen molar-refractivity contribution >= 4 is 15.9 Å². The first-order valence-electron chi connectivity index (χ1n) is 6.39. The lowest BCUT2D eigenvalue weighted by molar-refractivity contribution is 0.149. The van der Waals surface area contributed by atoms with E-state index < -0.39 is 12.5 Å². The number of hydrogen-bond donors (Lipinski definition) is 1. The molecule has 2 aromatic carbocycles. The van der Waals surface area contributed by atoms with Gasteiger partial charge in [0, 0.05) is 12.0 Å². The Bertz CT molecular complexity index is 617. The van der Waals surface area contributed by atoms with Crippen LogP contribution in [0.1, 0.15) is 29.2 Å². The Balaban J connectivity index is 2.15. The predicted octanol–water partition coefficient (Wildman–Crippen LogP) is 4.67. The third-order valence-electron chi connectivity index (χ3n) is 3.19. The van der Waals surface area contributed by atoms with Crippen LogP contribution in [0.2, 0.25) is 0 Å². The third-order valence-corrected chi connectivity index (χ3v) is 3.81. The maximum Gasteiger partial charge on any atom is 0.263 e. The molecule has 2 nitrogen and oxygen atoms in total. The van der Waals surface area contributed by atoms with Crippen LogP contribution in [0.5, 0.6) is 5.75 Å². The summed E-state index contributed by atoms with van der Waals surface area (Å²) in [6.45, 7) is 0. The van der Waals surface area contributed by atoms with Crippen molar-refractivity contribution in [1.82, 2.24) is 0 Å². The van der Waals surface area contributed by atoms with Crippen LogP contribution in [0.15, 0.2) is 46.9 Å². The van der Waals surface area contributed by atoms with Crippen molar-refractivity contribution in [1.29, 1.82) is 0 Å². The normalized spacial score (nSPS) is 12.5. The topological polar surface area (TPSA) is 29.5 Å². The summed E-state index contributed by atoms with van der Waals surface area (Å²) in [5.74, 6) is 0.702. The van der Waals surface area contributed by atoms with Crippen molar-refractivity contribution in [3.8, 4) is 5.75 Å². The van der Waals surface area contributed by atoms with Crippen LogP contribution < -0.4 is 4.74 Å². The van der Waals surface area contributed by atoms with Gasteiger partial charge in [0.1, 0.15) is 5.75 Å². The smallest absolute Gasteiger partial charge is 0.263 e. The predicted molar refractivity (Wildman–Crippen MR) is 80.8 cm³/mol. The lowest BCUT2D eigenvalue weighted by Crippen LogP contribution is -2.03. The van der Waals surface area contributed by atoms with Crippen molar-refractivity contribution in [2.24, 2.45) is 0 Å². The van der Waals surface area contributed by atoms with E-state index in [0.717, 1.165) is 10.0 Å². The van der Waals surface area contributed by atoms with Crippen LogP contribution >= 0.6 is 15.9 Å². The molecule has 1 atom stereocenters.